The minimum atomic E-state index is -0.614. The number of carbonyl (C=O) groups excluding carboxylic acids is 1. The molecule has 9 nitrogen and oxygen atoms in total. The maximum Gasteiger partial charge on any atom is 0.287 e. The van der Waals surface area contributed by atoms with Crippen LogP contribution >= 0.6 is 11.6 Å². The largest absolute Gasteiger partial charge is 0.333 e. The van der Waals surface area contributed by atoms with Gasteiger partial charge in [0.1, 0.15) is 10.7 Å². The fourth-order valence-corrected chi connectivity index (χ4v) is 2.36. The standard InChI is InChI=1S/C14H11ClN6O3/c1-20-5-4-16-13(20)10-7-12(19-18-10)17-14(22)8-2-3-11(21(23)24)9(15)6-8/h2-7H,1H3,(H2,17,18,19,22). The van der Waals surface area contributed by atoms with Crippen LogP contribution in [0.25, 0.3) is 11.5 Å². The van der Waals surface area contributed by atoms with Crippen molar-refractivity contribution >= 4 is 29.0 Å². The Bertz CT molecular complexity index is 932. The molecule has 0 bridgehead atoms. The molecule has 1 aromatic carbocycles. The van der Waals surface area contributed by atoms with Crippen molar-refractivity contribution in [2.45, 2.75) is 0 Å². The molecule has 122 valence electrons. The SMILES string of the molecule is Cn1ccnc1-c1cc(NC(=O)c2ccc([N+](=O)[O-])c(Cl)c2)n[nH]1. The molecule has 0 aliphatic rings. The Hall–Kier alpha value is -3.20. The summed E-state index contributed by atoms with van der Waals surface area (Å²) in [6.45, 7) is 0. The van der Waals surface area contributed by atoms with E-state index < -0.39 is 10.8 Å². The van der Waals surface area contributed by atoms with Gasteiger partial charge in [-0.1, -0.05) is 11.6 Å². The number of anilines is 1. The number of aromatic amines is 1. The van der Waals surface area contributed by atoms with Crippen molar-refractivity contribution in [3.05, 3.63) is 57.4 Å². The second-order valence-corrected chi connectivity index (χ2v) is 5.31. The molecule has 2 aromatic heterocycles. The third kappa shape index (κ3) is 2.97. The van der Waals surface area contributed by atoms with Crippen LogP contribution in [0.2, 0.25) is 5.02 Å². The number of nitro benzene ring substituents is 1. The number of nitrogens with zero attached hydrogens (tertiary/aromatic N) is 4. The summed E-state index contributed by atoms with van der Waals surface area (Å²) >= 11 is 5.81. The van der Waals surface area contributed by atoms with E-state index in [0.717, 1.165) is 0 Å². The third-order valence-electron chi connectivity index (χ3n) is 3.29. The van der Waals surface area contributed by atoms with Gasteiger partial charge >= 0.3 is 0 Å². The topological polar surface area (TPSA) is 119 Å². The third-order valence-corrected chi connectivity index (χ3v) is 3.59. The number of halogens is 1. The number of nitro groups is 1. The minimum Gasteiger partial charge on any atom is -0.333 e. The van der Waals surface area contributed by atoms with Crippen LogP contribution in [-0.4, -0.2) is 30.6 Å². The summed E-state index contributed by atoms with van der Waals surface area (Å²) in [7, 11) is 1.83. The smallest absolute Gasteiger partial charge is 0.287 e. The van der Waals surface area contributed by atoms with E-state index in [1.807, 2.05) is 7.05 Å². The fourth-order valence-electron chi connectivity index (χ4n) is 2.11. The van der Waals surface area contributed by atoms with Gasteiger partial charge in [0.25, 0.3) is 11.6 Å². The Labute approximate surface area is 140 Å². The molecule has 0 unspecified atom stereocenters. The summed E-state index contributed by atoms with van der Waals surface area (Å²) in [4.78, 5) is 26.5. The zero-order valence-corrected chi connectivity index (χ0v) is 13.1. The van der Waals surface area contributed by atoms with Crippen LogP contribution in [-0.2, 0) is 7.05 Å². The summed E-state index contributed by atoms with van der Waals surface area (Å²) < 4.78 is 1.80. The number of hydrogen-bond donors (Lipinski definition) is 2. The number of aromatic nitrogens is 4. The lowest BCUT2D eigenvalue weighted by molar-refractivity contribution is -0.384. The van der Waals surface area contributed by atoms with E-state index in [1.54, 1.807) is 23.0 Å². The molecule has 0 saturated heterocycles. The first kappa shape index (κ1) is 15.7. The molecule has 0 aliphatic carbocycles. The number of aryl methyl sites for hydroxylation is 1. The number of rotatable bonds is 4. The maximum atomic E-state index is 12.2. The van der Waals surface area contributed by atoms with Gasteiger partial charge in [0, 0.05) is 37.1 Å². The molecule has 3 rings (SSSR count). The summed E-state index contributed by atoms with van der Waals surface area (Å²) in [5, 5.41) is 20.0. The van der Waals surface area contributed by atoms with Crippen LogP contribution in [0.15, 0.2) is 36.7 Å². The van der Waals surface area contributed by atoms with Gasteiger partial charge < -0.3 is 9.88 Å². The first-order valence-electron chi connectivity index (χ1n) is 6.74. The predicted octanol–water partition coefficient (Wildman–Crippen LogP) is 2.62. The molecule has 24 heavy (non-hydrogen) atoms. The Balaban J connectivity index is 1.78. The van der Waals surface area contributed by atoms with Gasteiger partial charge in [-0.2, -0.15) is 5.10 Å². The lowest BCUT2D eigenvalue weighted by atomic mass is 10.2. The molecule has 0 fully saturated rings. The zero-order valence-electron chi connectivity index (χ0n) is 12.4. The van der Waals surface area contributed by atoms with E-state index in [2.05, 4.69) is 20.5 Å². The first-order chi connectivity index (χ1) is 11.5. The van der Waals surface area contributed by atoms with E-state index in [1.165, 1.54) is 18.2 Å². The minimum absolute atomic E-state index is 0.108. The van der Waals surface area contributed by atoms with E-state index in [4.69, 9.17) is 11.6 Å². The molecule has 0 radical (unpaired) electrons. The highest BCUT2D eigenvalue weighted by atomic mass is 35.5. The van der Waals surface area contributed by atoms with Crippen LogP contribution < -0.4 is 5.32 Å². The van der Waals surface area contributed by atoms with Crippen molar-refractivity contribution in [3.8, 4) is 11.5 Å². The van der Waals surface area contributed by atoms with Crippen molar-refractivity contribution in [2.75, 3.05) is 5.32 Å². The molecular weight excluding hydrogens is 336 g/mol. The first-order valence-corrected chi connectivity index (χ1v) is 7.12. The molecule has 10 heteroatoms. The van der Waals surface area contributed by atoms with Gasteiger partial charge in [-0.05, 0) is 12.1 Å². The average Bonchev–Trinajstić information content (AvgIpc) is 3.15. The highest BCUT2D eigenvalue weighted by Gasteiger charge is 2.16. The van der Waals surface area contributed by atoms with Gasteiger partial charge in [-0.3, -0.25) is 20.0 Å². The molecule has 0 saturated carbocycles. The highest BCUT2D eigenvalue weighted by molar-refractivity contribution is 6.33. The molecule has 0 spiro atoms. The van der Waals surface area contributed by atoms with Crippen molar-refractivity contribution in [2.24, 2.45) is 7.05 Å². The highest BCUT2D eigenvalue weighted by Crippen LogP contribution is 2.25. The zero-order chi connectivity index (χ0) is 17.3. The number of hydrogen-bond acceptors (Lipinski definition) is 5. The normalized spacial score (nSPS) is 10.6. The summed E-state index contributed by atoms with van der Waals surface area (Å²) in [6.07, 6.45) is 3.43. The molecule has 0 aliphatic heterocycles. The average molecular weight is 347 g/mol. The number of carbonyl (C=O) groups is 1. The maximum absolute atomic E-state index is 12.2. The molecule has 2 N–H and O–H groups in total. The summed E-state index contributed by atoms with van der Waals surface area (Å²) in [5.41, 5.74) is 0.566. The number of amides is 1. The number of nitrogens with one attached hydrogen (secondary N) is 2. The van der Waals surface area contributed by atoms with Gasteiger partial charge in [0.05, 0.1) is 4.92 Å². The van der Waals surface area contributed by atoms with Gasteiger partial charge in [0.15, 0.2) is 11.6 Å². The number of imidazole rings is 1. The van der Waals surface area contributed by atoms with Crippen LogP contribution in [0.4, 0.5) is 11.5 Å². The summed E-state index contributed by atoms with van der Waals surface area (Å²) in [6, 6.07) is 5.38. The van der Waals surface area contributed by atoms with Crippen LogP contribution in [0, 0.1) is 10.1 Å². The van der Waals surface area contributed by atoms with Gasteiger partial charge in [0.2, 0.25) is 0 Å². The van der Waals surface area contributed by atoms with Gasteiger partial charge in [-0.15, -0.1) is 0 Å². The number of H-pyrrole nitrogens is 1. The van der Waals surface area contributed by atoms with Crippen molar-refractivity contribution in [1.29, 1.82) is 0 Å². The van der Waals surface area contributed by atoms with E-state index >= 15 is 0 Å². The Morgan fingerprint density at radius 3 is 2.83 bits per heavy atom. The van der Waals surface area contributed by atoms with E-state index in [0.29, 0.717) is 17.3 Å². The van der Waals surface area contributed by atoms with Crippen LogP contribution in [0.1, 0.15) is 10.4 Å². The molecule has 1 amide bonds. The predicted molar refractivity (Wildman–Crippen MR) is 86.8 cm³/mol. The van der Waals surface area contributed by atoms with Crippen molar-refractivity contribution in [1.82, 2.24) is 19.7 Å². The molecule has 2 heterocycles. The Kier molecular flexibility index (Phi) is 4.00. The molecule has 3 aromatic rings. The van der Waals surface area contributed by atoms with E-state index in [-0.39, 0.29) is 16.3 Å². The fraction of sp³-hybridized carbons (Fsp3) is 0.0714. The quantitative estimate of drug-likeness (QED) is 0.556. The molecular formula is C14H11ClN6O3. The van der Waals surface area contributed by atoms with Crippen molar-refractivity contribution in [3.63, 3.8) is 0 Å². The van der Waals surface area contributed by atoms with Crippen LogP contribution in [0.3, 0.4) is 0 Å². The summed E-state index contributed by atoms with van der Waals surface area (Å²) in [5.74, 6) is 0.485. The second kappa shape index (κ2) is 6.13. The monoisotopic (exact) mass is 346 g/mol. The lowest BCUT2D eigenvalue weighted by Crippen LogP contribution is -2.12. The van der Waals surface area contributed by atoms with Crippen LogP contribution in [0.5, 0.6) is 0 Å². The van der Waals surface area contributed by atoms with Gasteiger partial charge in [-0.25, -0.2) is 4.98 Å². The lowest BCUT2D eigenvalue weighted by Gasteiger charge is -2.02. The molecule has 0 atom stereocenters. The van der Waals surface area contributed by atoms with E-state index in [9.17, 15) is 14.9 Å². The Morgan fingerprint density at radius 2 is 2.21 bits per heavy atom. The Morgan fingerprint density at radius 1 is 1.42 bits per heavy atom. The number of benzene rings is 1. The van der Waals surface area contributed by atoms with Crippen molar-refractivity contribution < 1.29 is 9.72 Å². The second-order valence-electron chi connectivity index (χ2n) is 4.91.